The second-order valence-corrected chi connectivity index (χ2v) is 3.31. The van der Waals surface area contributed by atoms with Gasteiger partial charge in [0, 0.05) is 25.0 Å². The summed E-state index contributed by atoms with van der Waals surface area (Å²) in [4.78, 5) is 14.1. The Kier molecular flexibility index (Phi) is 4.75. The number of amides is 1. The number of nitrogens with zero attached hydrogens (tertiary/aromatic N) is 2. The summed E-state index contributed by atoms with van der Waals surface area (Å²) in [6.07, 6.45) is 9.57. The third-order valence-corrected chi connectivity index (χ3v) is 2.27. The minimum absolute atomic E-state index is 0.454. The van der Waals surface area contributed by atoms with Crippen LogP contribution in [0, 0.1) is 0 Å². The normalized spacial score (nSPS) is 12.4. The quantitative estimate of drug-likeness (QED) is 0.527. The molecule has 1 atom stereocenters. The predicted molar refractivity (Wildman–Crippen MR) is 54.9 cm³/mol. The van der Waals surface area contributed by atoms with Gasteiger partial charge in [-0.2, -0.15) is 0 Å². The Morgan fingerprint density at radius 1 is 1.57 bits per heavy atom. The van der Waals surface area contributed by atoms with E-state index in [0.29, 0.717) is 6.04 Å². The monoisotopic (exact) mass is 195 g/mol. The first-order valence-electron chi connectivity index (χ1n) is 5.03. The van der Waals surface area contributed by atoms with Gasteiger partial charge in [-0.3, -0.25) is 4.79 Å². The van der Waals surface area contributed by atoms with Gasteiger partial charge in [0.1, 0.15) is 0 Å². The van der Waals surface area contributed by atoms with Crippen LogP contribution >= 0.6 is 0 Å². The highest BCUT2D eigenvalue weighted by atomic mass is 16.1. The number of carbonyl (C=O) groups excluding carboxylic acids is 1. The fourth-order valence-corrected chi connectivity index (χ4v) is 1.57. The van der Waals surface area contributed by atoms with E-state index in [1.54, 1.807) is 6.20 Å². The largest absolute Gasteiger partial charge is 0.359 e. The smallest absolute Gasteiger partial charge is 0.207 e. The Balaban J connectivity index is 2.43. The molecule has 4 heteroatoms. The molecular formula is C10H17N3O. The molecule has 0 fully saturated rings. The molecule has 1 unspecified atom stereocenters. The first kappa shape index (κ1) is 10.8. The van der Waals surface area contributed by atoms with Gasteiger partial charge in [-0.05, 0) is 12.8 Å². The molecule has 0 saturated heterocycles. The predicted octanol–water partition coefficient (Wildman–Crippen LogP) is 1.36. The van der Waals surface area contributed by atoms with Crippen molar-refractivity contribution in [2.45, 2.75) is 32.2 Å². The van der Waals surface area contributed by atoms with Crippen molar-refractivity contribution in [2.24, 2.45) is 0 Å². The Hall–Kier alpha value is -1.32. The second-order valence-electron chi connectivity index (χ2n) is 3.31. The van der Waals surface area contributed by atoms with Crippen LogP contribution in [0.5, 0.6) is 0 Å². The standard InChI is InChI=1S/C10H17N3O/c1-2-3-10(4-5-12-9-14)13-7-6-11-8-13/h6-10H,2-5H2,1H3,(H,12,14). The maximum Gasteiger partial charge on any atom is 0.207 e. The van der Waals surface area contributed by atoms with Crippen molar-refractivity contribution in [3.63, 3.8) is 0 Å². The average molecular weight is 195 g/mol. The summed E-state index contributed by atoms with van der Waals surface area (Å²) in [5.74, 6) is 0. The Morgan fingerprint density at radius 2 is 2.43 bits per heavy atom. The summed E-state index contributed by atoms with van der Waals surface area (Å²) in [5.41, 5.74) is 0. The van der Waals surface area contributed by atoms with Gasteiger partial charge in [0.05, 0.1) is 6.33 Å². The van der Waals surface area contributed by atoms with Crippen molar-refractivity contribution in [1.29, 1.82) is 0 Å². The summed E-state index contributed by atoms with van der Waals surface area (Å²) in [5, 5.41) is 2.68. The van der Waals surface area contributed by atoms with Crippen LogP contribution in [-0.2, 0) is 4.79 Å². The molecule has 0 spiro atoms. The molecule has 1 aromatic rings. The van der Waals surface area contributed by atoms with Gasteiger partial charge in [-0.1, -0.05) is 13.3 Å². The maximum atomic E-state index is 10.1. The number of hydrogen-bond donors (Lipinski definition) is 1. The number of imidazole rings is 1. The fraction of sp³-hybridized carbons (Fsp3) is 0.600. The van der Waals surface area contributed by atoms with E-state index < -0.39 is 0 Å². The van der Waals surface area contributed by atoms with Crippen LogP contribution < -0.4 is 5.32 Å². The Bertz CT molecular complexity index is 246. The molecule has 1 N–H and O–H groups in total. The van der Waals surface area contributed by atoms with E-state index >= 15 is 0 Å². The molecule has 14 heavy (non-hydrogen) atoms. The lowest BCUT2D eigenvalue weighted by molar-refractivity contribution is -0.109. The molecule has 4 nitrogen and oxygen atoms in total. The van der Waals surface area contributed by atoms with Gasteiger partial charge >= 0.3 is 0 Å². The van der Waals surface area contributed by atoms with Gasteiger partial charge in [-0.25, -0.2) is 4.98 Å². The first-order valence-corrected chi connectivity index (χ1v) is 5.03. The fourth-order valence-electron chi connectivity index (χ4n) is 1.57. The third-order valence-electron chi connectivity index (χ3n) is 2.27. The maximum absolute atomic E-state index is 10.1. The molecule has 1 heterocycles. The highest BCUT2D eigenvalue weighted by Gasteiger charge is 2.08. The van der Waals surface area contributed by atoms with Crippen LogP contribution in [0.1, 0.15) is 32.2 Å². The Morgan fingerprint density at radius 3 is 3.00 bits per heavy atom. The number of rotatable bonds is 7. The minimum Gasteiger partial charge on any atom is -0.359 e. The van der Waals surface area contributed by atoms with Crippen molar-refractivity contribution in [1.82, 2.24) is 14.9 Å². The van der Waals surface area contributed by atoms with Gasteiger partial charge in [0.15, 0.2) is 0 Å². The molecule has 78 valence electrons. The summed E-state index contributed by atoms with van der Waals surface area (Å²) in [7, 11) is 0. The lowest BCUT2D eigenvalue weighted by Gasteiger charge is -2.17. The van der Waals surface area contributed by atoms with Crippen molar-refractivity contribution >= 4 is 6.41 Å². The third kappa shape index (κ3) is 3.20. The van der Waals surface area contributed by atoms with Crippen molar-refractivity contribution in [3.8, 4) is 0 Å². The summed E-state index contributed by atoms with van der Waals surface area (Å²) in [6, 6.07) is 0.454. The lowest BCUT2D eigenvalue weighted by Crippen LogP contribution is -2.18. The Labute approximate surface area is 84.3 Å². The van der Waals surface area contributed by atoms with E-state index in [0.717, 1.165) is 32.2 Å². The van der Waals surface area contributed by atoms with E-state index in [1.165, 1.54) is 0 Å². The van der Waals surface area contributed by atoms with Crippen LogP contribution in [0.15, 0.2) is 18.7 Å². The van der Waals surface area contributed by atoms with Crippen LogP contribution in [0.4, 0.5) is 0 Å². The molecule has 1 aromatic heterocycles. The zero-order valence-electron chi connectivity index (χ0n) is 8.52. The molecule has 0 aliphatic rings. The van der Waals surface area contributed by atoms with Crippen molar-refractivity contribution in [2.75, 3.05) is 6.54 Å². The number of aromatic nitrogens is 2. The number of nitrogens with one attached hydrogen (secondary N) is 1. The minimum atomic E-state index is 0.454. The van der Waals surface area contributed by atoms with Crippen LogP contribution in [0.25, 0.3) is 0 Å². The number of hydrogen-bond acceptors (Lipinski definition) is 2. The molecule has 0 aliphatic carbocycles. The van der Waals surface area contributed by atoms with Gasteiger partial charge < -0.3 is 9.88 Å². The topological polar surface area (TPSA) is 46.9 Å². The zero-order chi connectivity index (χ0) is 10.2. The molecule has 0 aromatic carbocycles. The van der Waals surface area contributed by atoms with E-state index in [2.05, 4.69) is 21.8 Å². The second kappa shape index (κ2) is 6.18. The summed E-state index contributed by atoms with van der Waals surface area (Å²) in [6.45, 7) is 2.89. The van der Waals surface area contributed by atoms with E-state index in [4.69, 9.17) is 0 Å². The summed E-state index contributed by atoms with van der Waals surface area (Å²) < 4.78 is 2.11. The molecule has 1 rings (SSSR count). The van der Waals surface area contributed by atoms with Crippen molar-refractivity contribution in [3.05, 3.63) is 18.7 Å². The van der Waals surface area contributed by atoms with Gasteiger partial charge in [0.25, 0.3) is 0 Å². The molecule has 0 radical (unpaired) electrons. The van der Waals surface area contributed by atoms with Crippen LogP contribution in [-0.4, -0.2) is 22.5 Å². The van der Waals surface area contributed by atoms with E-state index in [-0.39, 0.29) is 0 Å². The molecule has 0 bridgehead atoms. The number of carbonyl (C=O) groups is 1. The SMILES string of the molecule is CCCC(CCNC=O)n1ccnc1. The van der Waals surface area contributed by atoms with Crippen LogP contribution in [0.2, 0.25) is 0 Å². The molecule has 1 amide bonds. The van der Waals surface area contributed by atoms with Gasteiger partial charge in [-0.15, -0.1) is 0 Å². The molecule has 0 saturated carbocycles. The van der Waals surface area contributed by atoms with Gasteiger partial charge in [0.2, 0.25) is 6.41 Å². The highest BCUT2D eigenvalue weighted by Crippen LogP contribution is 2.16. The van der Waals surface area contributed by atoms with Crippen molar-refractivity contribution < 1.29 is 4.79 Å². The summed E-state index contributed by atoms with van der Waals surface area (Å²) >= 11 is 0. The van der Waals surface area contributed by atoms with Crippen LogP contribution in [0.3, 0.4) is 0 Å². The molecule has 0 aliphatic heterocycles. The molecular weight excluding hydrogens is 178 g/mol. The van der Waals surface area contributed by atoms with E-state index in [1.807, 2.05) is 12.5 Å². The average Bonchev–Trinajstić information content (AvgIpc) is 2.70. The zero-order valence-corrected chi connectivity index (χ0v) is 8.52. The highest BCUT2D eigenvalue weighted by molar-refractivity contribution is 5.45. The van der Waals surface area contributed by atoms with E-state index in [9.17, 15) is 4.79 Å². The lowest BCUT2D eigenvalue weighted by atomic mass is 10.1. The first-order chi connectivity index (χ1) is 6.88.